The standard InChI is InChI=1S/C12H16BrN3O/c1-9-12(17)16(6-2-5-14-9)8-11-4-3-10(13)7-15-11/h3-4,7,9,14H,2,5-6,8H2,1H3. The van der Waals surface area contributed by atoms with E-state index < -0.39 is 0 Å². The molecule has 0 bridgehead atoms. The molecule has 5 heteroatoms. The molecule has 1 N–H and O–H groups in total. The second-order valence-corrected chi connectivity index (χ2v) is 5.17. The zero-order valence-corrected chi connectivity index (χ0v) is 11.4. The first-order valence-electron chi connectivity index (χ1n) is 5.79. The second-order valence-electron chi connectivity index (χ2n) is 4.26. The van der Waals surface area contributed by atoms with Crippen molar-refractivity contribution < 1.29 is 4.79 Å². The number of hydrogen-bond donors (Lipinski definition) is 1. The summed E-state index contributed by atoms with van der Waals surface area (Å²) in [5.41, 5.74) is 0.927. The highest BCUT2D eigenvalue weighted by Gasteiger charge is 2.22. The lowest BCUT2D eigenvalue weighted by molar-refractivity contribution is -0.132. The highest BCUT2D eigenvalue weighted by Crippen LogP contribution is 2.11. The fourth-order valence-electron chi connectivity index (χ4n) is 1.91. The van der Waals surface area contributed by atoms with Crippen molar-refractivity contribution in [1.82, 2.24) is 15.2 Å². The van der Waals surface area contributed by atoms with Crippen LogP contribution in [-0.2, 0) is 11.3 Å². The summed E-state index contributed by atoms with van der Waals surface area (Å²) in [7, 11) is 0. The zero-order valence-electron chi connectivity index (χ0n) is 9.82. The summed E-state index contributed by atoms with van der Waals surface area (Å²) in [6.45, 7) is 4.21. The largest absolute Gasteiger partial charge is 0.335 e. The van der Waals surface area contributed by atoms with E-state index in [9.17, 15) is 4.79 Å². The molecule has 17 heavy (non-hydrogen) atoms. The highest BCUT2D eigenvalue weighted by atomic mass is 79.9. The Hall–Kier alpha value is -0.940. The first-order valence-corrected chi connectivity index (χ1v) is 6.59. The topological polar surface area (TPSA) is 45.2 Å². The van der Waals surface area contributed by atoms with E-state index in [0.29, 0.717) is 6.54 Å². The number of carbonyl (C=O) groups is 1. The van der Waals surface area contributed by atoms with Crippen molar-refractivity contribution in [2.24, 2.45) is 0 Å². The van der Waals surface area contributed by atoms with Crippen molar-refractivity contribution in [2.75, 3.05) is 13.1 Å². The molecule has 4 nitrogen and oxygen atoms in total. The van der Waals surface area contributed by atoms with Gasteiger partial charge in [-0.15, -0.1) is 0 Å². The van der Waals surface area contributed by atoms with E-state index in [1.165, 1.54) is 0 Å². The molecule has 1 aliphatic heterocycles. The van der Waals surface area contributed by atoms with Gasteiger partial charge in [-0.2, -0.15) is 0 Å². The lowest BCUT2D eigenvalue weighted by Gasteiger charge is -2.22. The van der Waals surface area contributed by atoms with Gasteiger partial charge in [-0.3, -0.25) is 9.78 Å². The van der Waals surface area contributed by atoms with Gasteiger partial charge in [-0.1, -0.05) is 0 Å². The van der Waals surface area contributed by atoms with Crippen LogP contribution in [0.25, 0.3) is 0 Å². The minimum Gasteiger partial charge on any atom is -0.335 e. The van der Waals surface area contributed by atoms with Gasteiger partial charge < -0.3 is 10.2 Å². The maximum atomic E-state index is 12.0. The Morgan fingerprint density at radius 3 is 3.12 bits per heavy atom. The van der Waals surface area contributed by atoms with Crippen LogP contribution in [0.3, 0.4) is 0 Å². The SMILES string of the molecule is CC1NCCCN(Cc2ccc(Br)cn2)C1=O. The van der Waals surface area contributed by atoms with Crippen molar-refractivity contribution in [1.29, 1.82) is 0 Å². The summed E-state index contributed by atoms with van der Waals surface area (Å²) >= 11 is 3.35. The first-order chi connectivity index (χ1) is 8.16. The number of pyridine rings is 1. The maximum absolute atomic E-state index is 12.0. The molecule has 1 aromatic rings. The van der Waals surface area contributed by atoms with E-state index in [1.54, 1.807) is 6.20 Å². The summed E-state index contributed by atoms with van der Waals surface area (Å²) < 4.78 is 0.957. The molecule has 1 aliphatic rings. The molecule has 0 aliphatic carbocycles. The fraction of sp³-hybridized carbons (Fsp3) is 0.500. The van der Waals surface area contributed by atoms with Crippen molar-refractivity contribution in [3.05, 3.63) is 28.5 Å². The molecule has 1 amide bonds. The molecule has 2 rings (SSSR count). The van der Waals surface area contributed by atoms with Gasteiger partial charge in [0.05, 0.1) is 18.3 Å². The summed E-state index contributed by atoms with van der Waals surface area (Å²) in [4.78, 5) is 18.2. The Balaban J connectivity index is 2.06. The van der Waals surface area contributed by atoms with Crippen LogP contribution in [0.1, 0.15) is 19.0 Å². The summed E-state index contributed by atoms with van der Waals surface area (Å²) in [6, 6.07) is 3.81. The van der Waals surface area contributed by atoms with Crippen LogP contribution >= 0.6 is 15.9 Å². The van der Waals surface area contributed by atoms with E-state index >= 15 is 0 Å². The van der Waals surface area contributed by atoms with Crippen molar-refractivity contribution in [2.45, 2.75) is 25.9 Å². The Morgan fingerprint density at radius 2 is 2.41 bits per heavy atom. The summed E-state index contributed by atoms with van der Waals surface area (Å²) in [5, 5.41) is 3.20. The van der Waals surface area contributed by atoms with Gasteiger partial charge in [-0.05, 0) is 48.0 Å². The van der Waals surface area contributed by atoms with Gasteiger partial charge in [0, 0.05) is 17.2 Å². The normalized spacial score (nSPS) is 21.4. The molecule has 1 aromatic heterocycles. The fourth-order valence-corrected chi connectivity index (χ4v) is 2.15. The molecule has 1 saturated heterocycles. The third-order valence-electron chi connectivity index (χ3n) is 2.88. The second kappa shape index (κ2) is 5.60. The number of carbonyl (C=O) groups excluding carboxylic acids is 1. The number of nitrogens with one attached hydrogen (secondary N) is 1. The van der Waals surface area contributed by atoms with Crippen LogP contribution in [-0.4, -0.2) is 34.9 Å². The van der Waals surface area contributed by atoms with E-state index in [0.717, 1.165) is 29.7 Å². The van der Waals surface area contributed by atoms with Crippen LogP contribution in [0, 0.1) is 0 Å². The molecule has 1 unspecified atom stereocenters. The molecule has 2 heterocycles. The maximum Gasteiger partial charge on any atom is 0.239 e. The van der Waals surface area contributed by atoms with Gasteiger partial charge in [0.1, 0.15) is 0 Å². The van der Waals surface area contributed by atoms with Crippen LogP contribution in [0.15, 0.2) is 22.8 Å². The zero-order chi connectivity index (χ0) is 12.3. The quantitative estimate of drug-likeness (QED) is 0.901. The minimum absolute atomic E-state index is 0.0899. The Kier molecular flexibility index (Phi) is 4.12. The molecular weight excluding hydrogens is 282 g/mol. The van der Waals surface area contributed by atoms with E-state index in [2.05, 4.69) is 26.2 Å². The van der Waals surface area contributed by atoms with Gasteiger partial charge in [-0.25, -0.2) is 0 Å². The van der Waals surface area contributed by atoms with E-state index in [1.807, 2.05) is 24.0 Å². The molecule has 0 aromatic carbocycles. The Labute approximate surface area is 110 Å². The van der Waals surface area contributed by atoms with Crippen LogP contribution < -0.4 is 5.32 Å². The number of rotatable bonds is 2. The molecule has 1 atom stereocenters. The Morgan fingerprint density at radius 1 is 1.59 bits per heavy atom. The summed E-state index contributed by atoms with van der Waals surface area (Å²) in [6.07, 6.45) is 2.76. The molecule has 92 valence electrons. The Bertz CT molecular complexity index is 393. The number of halogens is 1. The average molecular weight is 298 g/mol. The molecule has 0 radical (unpaired) electrons. The molecule has 0 saturated carbocycles. The van der Waals surface area contributed by atoms with Gasteiger partial charge in [0.15, 0.2) is 0 Å². The molecular formula is C12H16BrN3O. The number of aromatic nitrogens is 1. The number of nitrogens with zero attached hydrogens (tertiary/aromatic N) is 2. The van der Waals surface area contributed by atoms with E-state index in [4.69, 9.17) is 0 Å². The smallest absolute Gasteiger partial charge is 0.239 e. The van der Waals surface area contributed by atoms with Gasteiger partial charge >= 0.3 is 0 Å². The predicted molar refractivity (Wildman–Crippen MR) is 69.4 cm³/mol. The van der Waals surface area contributed by atoms with Crippen molar-refractivity contribution >= 4 is 21.8 Å². The third-order valence-corrected chi connectivity index (χ3v) is 3.35. The van der Waals surface area contributed by atoms with Gasteiger partial charge in [0.2, 0.25) is 5.91 Å². The summed E-state index contributed by atoms with van der Waals surface area (Å²) in [5.74, 6) is 0.159. The van der Waals surface area contributed by atoms with E-state index in [-0.39, 0.29) is 11.9 Å². The first kappa shape index (κ1) is 12.5. The molecule has 0 spiro atoms. The van der Waals surface area contributed by atoms with Crippen LogP contribution in [0.4, 0.5) is 0 Å². The molecule has 1 fully saturated rings. The number of amides is 1. The average Bonchev–Trinajstić information content (AvgIpc) is 2.48. The monoisotopic (exact) mass is 297 g/mol. The van der Waals surface area contributed by atoms with Crippen molar-refractivity contribution in [3.63, 3.8) is 0 Å². The lowest BCUT2D eigenvalue weighted by atomic mass is 10.2. The minimum atomic E-state index is -0.0899. The lowest BCUT2D eigenvalue weighted by Crippen LogP contribution is -2.41. The third kappa shape index (κ3) is 3.26. The highest BCUT2D eigenvalue weighted by molar-refractivity contribution is 9.10. The van der Waals surface area contributed by atoms with Gasteiger partial charge in [0.25, 0.3) is 0 Å². The van der Waals surface area contributed by atoms with Crippen LogP contribution in [0.5, 0.6) is 0 Å². The van der Waals surface area contributed by atoms with Crippen LogP contribution in [0.2, 0.25) is 0 Å². The predicted octanol–water partition coefficient (Wildman–Crippen LogP) is 1.55. The van der Waals surface area contributed by atoms with Crippen molar-refractivity contribution in [3.8, 4) is 0 Å². The number of hydrogen-bond acceptors (Lipinski definition) is 3.